The summed E-state index contributed by atoms with van der Waals surface area (Å²) < 4.78 is 2.31. The molecule has 2 fully saturated rings. The molecule has 0 aromatic carbocycles. The third kappa shape index (κ3) is 4.58. The predicted octanol–water partition coefficient (Wildman–Crippen LogP) is 4.29. The summed E-state index contributed by atoms with van der Waals surface area (Å²) >= 11 is 6.66. The van der Waals surface area contributed by atoms with Crippen LogP contribution in [0, 0.1) is 24.2 Å². The summed E-state index contributed by atoms with van der Waals surface area (Å²) in [5.74, 6) is 1.37. The molecule has 3 heterocycles. The molecule has 0 bridgehead atoms. The molecule has 0 unspecified atom stereocenters. The lowest BCUT2D eigenvalue weighted by molar-refractivity contribution is -0.121. The molecule has 0 spiro atoms. The molecule has 2 saturated heterocycles. The quantitative estimate of drug-likeness (QED) is 0.468. The topological polar surface area (TPSA) is 69.3 Å². The number of unbranched alkanes of at least 4 members (excludes halogenated alkanes) is 1. The maximum absolute atomic E-state index is 13.3. The molecule has 1 amide bonds. The highest BCUT2D eigenvalue weighted by atomic mass is 32.2. The van der Waals surface area contributed by atoms with E-state index in [0.29, 0.717) is 33.8 Å². The summed E-state index contributed by atoms with van der Waals surface area (Å²) in [5, 5.41) is 9.75. The molecular weight excluding hydrogens is 428 g/mol. The van der Waals surface area contributed by atoms with Crippen LogP contribution in [0.3, 0.4) is 0 Å². The summed E-state index contributed by atoms with van der Waals surface area (Å²) in [6.45, 7) is 10.8. The number of hydrogen-bond donors (Lipinski definition) is 0. The highest BCUT2D eigenvalue weighted by Crippen LogP contribution is 2.36. The van der Waals surface area contributed by atoms with Gasteiger partial charge in [-0.25, -0.2) is 0 Å². The van der Waals surface area contributed by atoms with Crippen molar-refractivity contribution in [2.24, 2.45) is 5.92 Å². The van der Waals surface area contributed by atoms with Gasteiger partial charge in [0, 0.05) is 31.7 Å². The smallest absolute Gasteiger partial charge is 0.270 e. The minimum absolute atomic E-state index is 0.111. The SMILES string of the molecule is CCCCn1c(N2CCC(C)CC2)c(/C=C2/SC(=S)N(CC)C2=O)c(C)c(C#N)c1=O. The monoisotopic (exact) mass is 458 g/mol. The number of nitriles is 1. The predicted molar refractivity (Wildman–Crippen MR) is 131 cm³/mol. The van der Waals surface area contributed by atoms with Crippen LogP contribution in [-0.2, 0) is 11.3 Å². The van der Waals surface area contributed by atoms with Gasteiger partial charge in [0.05, 0.1) is 4.91 Å². The third-order valence-corrected chi connectivity index (χ3v) is 7.51. The fraction of sp³-hybridized carbons (Fsp3) is 0.565. The summed E-state index contributed by atoms with van der Waals surface area (Å²) in [6.07, 6.45) is 5.75. The number of nitrogens with zero attached hydrogens (tertiary/aromatic N) is 4. The molecule has 0 N–H and O–H groups in total. The lowest BCUT2D eigenvalue weighted by Crippen LogP contribution is -2.39. The molecule has 2 aliphatic rings. The Labute approximate surface area is 193 Å². The first kappa shape index (κ1) is 23.6. The second-order valence-electron chi connectivity index (χ2n) is 8.25. The third-order valence-electron chi connectivity index (χ3n) is 6.13. The van der Waals surface area contributed by atoms with Crippen molar-refractivity contribution in [3.05, 3.63) is 31.9 Å². The zero-order valence-electron chi connectivity index (χ0n) is 18.7. The molecule has 3 rings (SSSR count). The Kier molecular flexibility index (Phi) is 7.60. The number of rotatable bonds is 6. The van der Waals surface area contributed by atoms with E-state index in [-0.39, 0.29) is 17.0 Å². The van der Waals surface area contributed by atoms with Gasteiger partial charge in [0.2, 0.25) is 0 Å². The number of thiocarbonyl (C=S) groups is 1. The molecule has 31 heavy (non-hydrogen) atoms. The Hall–Kier alpha value is -2.11. The van der Waals surface area contributed by atoms with Crippen molar-refractivity contribution in [3.63, 3.8) is 0 Å². The van der Waals surface area contributed by atoms with Crippen LogP contribution >= 0.6 is 24.0 Å². The number of hydrogen-bond acceptors (Lipinski definition) is 6. The van der Waals surface area contributed by atoms with Crippen LogP contribution in [0.15, 0.2) is 9.70 Å². The molecule has 0 saturated carbocycles. The van der Waals surface area contributed by atoms with E-state index in [1.807, 2.05) is 19.9 Å². The van der Waals surface area contributed by atoms with Crippen molar-refractivity contribution in [2.75, 3.05) is 24.5 Å². The Balaban J connectivity index is 2.24. The number of carbonyl (C=O) groups excluding carboxylic acids is 1. The average Bonchev–Trinajstić information content (AvgIpc) is 3.02. The summed E-state index contributed by atoms with van der Waals surface area (Å²) in [6, 6.07) is 2.11. The van der Waals surface area contributed by atoms with Crippen molar-refractivity contribution in [3.8, 4) is 6.07 Å². The zero-order chi connectivity index (χ0) is 22.7. The minimum atomic E-state index is -0.236. The van der Waals surface area contributed by atoms with Crippen molar-refractivity contribution in [1.82, 2.24) is 9.47 Å². The maximum Gasteiger partial charge on any atom is 0.270 e. The second-order valence-corrected chi connectivity index (χ2v) is 9.93. The maximum atomic E-state index is 13.3. The van der Waals surface area contributed by atoms with Gasteiger partial charge in [0.1, 0.15) is 21.8 Å². The van der Waals surface area contributed by atoms with E-state index in [2.05, 4.69) is 24.8 Å². The Morgan fingerprint density at radius 3 is 2.48 bits per heavy atom. The van der Waals surface area contributed by atoms with E-state index in [0.717, 1.165) is 50.2 Å². The number of thioether (sulfide) groups is 1. The Morgan fingerprint density at radius 2 is 1.94 bits per heavy atom. The van der Waals surface area contributed by atoms with E-state index in [9.17, 15) is 14.9 Å². The van der Waals surface area contributed by atoms with Gasteiger partial charge >= 0.3 is 0 Å². The number of likely N-dealkylation sites (N-methyl/N-ethyl adjacent to an activating group) is 1. The first-order chi connectivity index (χ1) is 14.8. The Bertz CT molecular complexity index is 1010. The van der Waals surface area contributed by atoms with Gasteiger partial charge in [-0.2, -0.15) is 5.26 Å². The molecular formula is C23H30N4O2S2. The van der Waals surface area contributed by atoms with Gasteiger partial charge in [-0.3, -0.25) is 19.1 Å². The van der Waals surface area contributed by atoms with Gasteiger partial charge in [-0.05, 0) is 50.7 Å². The van der Waals surface area contributed by atoms with Crippen molar-refractivity contribution < 1.29 is 4.79 Å². The fourth-order valence-corrected chi connectivity index (χ4v) is 5.50. The van der Waals surface area contributed by atoms with Crippen molar-refractivity contribution in [1.29, 1.82) is 5.26 Å². The number of aromatic nitrogens is 1. The number of amides is 1. The van der Waals surface area contributed by atoms with Crippen LogP contribution in [0.1, 0.15) is 63.1 Å². The van der Waals surface area contributed by atoms with Crippen LogP contribution in [0.25, 0.3) is 6.08 Å². The summed E-state index contributed by atoms with van der Waals surface area (Å²) in [4.78, 5) is 30.5. The molecule has 1 aromatic heterocycles. The zero-order valence-corrected chi connectivity index (χ0v) is 20.4. The first-order valence-electron chi connectivity index (χ1n) is 11.0. The van der Waals surface area contributed by atoms with E-state index in [4.69, 9.17) is 12.2 Å². The second kappa shape index (κ2) is 10.0. The molecule has 0 radical (unpaired) electrons. The van der Waals surface area contributed by atoms with Crippen LogP contribution < -0.4 is 10.5 Å². The van der Waals surface area contributed by atoms with Gasteiger partial charge in [-0.1, -0.05) is 44.2 Å². The van der Waals surface area contributed by atoms with Gasteiger partial charge < -0.3 is 4.90 Å². The van der Waals surface area contributed by atoms with Crippen molar-refractivity contribution >= 4 is 46.1 Å². The van der Waals surface area contributed by atoms with E-state index in [1.165, 1.54) is 11.8 Å². The van der Waals surface area contributed by atoms with Gasteiger partial charge in [0.15, 0.2) is 0 Å². The fourth-order valence-electron chi connectivity index (χ4n) is 4.13. The molecule has 0 aliphatic carbocycles. The highest BCUT2D eigenvalue weighted by molar-refractivity contribution is 8.26. The standard InChI is InChI=1S/C23H30N4O2S2/c1-5-7-10-27-20(25-11-8-15(3)9-12-25)17(16(4)18(14-24)21(27)28)13-19-22(29)26(6-2)23(30)31-19/h13,15H,5-12H2,1-4H3/b19-13+. The van der Waals surface area contributed by atoms with Gasteiger partial charge in [0.25, 0.3) is 11.5 Å². The number of carbonyl (C=O) groups is 1. The highest BCUT2D eigenvalue weighted by Gasteiger charge is 2.32. The van der Waals surface area contributed by atoms with Crippen LogP contribution in [-0.4, -0.2) is 39.3 Å². The summed E-state index contributed by atoms with van der Waals surface area (Å²) in [5.41, 5.74) is 1.34. The normalized spacial score (nSPS) is 18.9. The number of pyridine rings is 1. The average molecular weight is 459 g/mol. The molecule has 0 atom stereocenters. The first-order valence-corrected chi connectivity index (χ1v) is 12.2. The van der Waals surface area contributed by atoms with Crippen molar-refractivity contribution in [2.45, 2.75) is 59.9 Å². The van der Waals surface area contributed by atoms with Crippen LogP contribution in [0.5, 0.6) is 0 Å². The van der Waals surface area contributed by atoms with E-state index < -0.39 is 0 Å². The minimum Gasteiger partial charge on any atom is -0.357 e. The largest absolute Gasteiger partial charge is 0.357 e. The molecule has 1 aromatic rings. The number of piperidine rings is 1. The molecule has 6 nitrogen and oxygen atoms in total. The molecule has 166 valence electrons. The van der Waals surface area contributed by atoms with E-state index in [1.54, 1.807) is 9.47 Å². The lowest BCUT2D eigenvalue weighted by Gasteiger charge is -2.35. The molecule has 2 aliphatic heterocycles. The van der Waals surface area contributed by atoms with Gasteiger partial charge in [-0.15, -0.1) is 0 Å². The molecule has 8 heteroatoms. The number of anilines is 1. The van der Waals surface area contributed by atoms with E-state index >= 15 is 0 Å². The summed E-state index contributed by atoms with van der Waals surface area (Å²) in [7, 11) is 0. The van der Waals surface area contributed by atoms with Crippen LogP contribution in [0.4, 0.5) is 5.82 Å². The van der Waals surface area contributed by atoms with Crippen LogP contribution in [0.2, 0.25) is 0 Å². The lowest BCUT2D eigenvalue weighted by atomic mass is 9.97. The Morgan fingerprint density at radius 1 is 1.26 bits per heavy atom.